The average molecular weight is 294 g/mol. The molecule has 0 amide bonds. The van der Waals surface area contributed by atoms with E-state index in [9.17, 15) is 0 Å². The monoisotopic (exact) mass is 293 g/mol. The van der Waals surface area contributed by atoms with Crippen LogP contribution in [-0.4, -0.2) is 17.1 Å². The molecule has 2 rings (SSSR count). The van der Waals surface area contributed by atoms with Gasteiger partial charge < -0.3 is 10.1 Å². The first-order valence-corrected chi connectivity index (χ1v) is 5.92. The van der Waals surface area contributed by atoms with Gasteiger partial charge in [0.1, 0.15) is 11.6 Å². The van der Waals surface area contributed by atoms with Crippen molar-refractivity contribution in [1.82, 2.24) is 9.97 Å². The molecular formula is C12H12BrN3O. The first-order chi connectivity index (χ1) is 8.29. The summed E-state index contributed by atoms with van der Waals surface area (Å²) in [6, 6.07) is 7.61. The van der Waals surface area contributed by atoms with Crippen LogP contribution < -0.4 is 10.1 Å². The minimum Gasteiger partial charge on any atom is -0.496 e. The fourth-order valence-electron chi connectivity index (χ4n) is 1.38. The number of methoxy groups -OCH3 is 1. The topological polar surface area (TPSA) is 47.0 Å². The second-order valence-corrected chi connectivity index (χ2v) is 4.22. The molecule has 0 fully saturated rings. The molecule has 0 spiro atoms. The first-order valence-electron chi connectivity index (χ1n) is 5.13. The van der Waals surface area contributed by atoms with E-state index in [1.54, 1.807) is 25.6 Å². The molecule has 0 aliphatic heterocycles. The predicted molar refractivity (Wildman–Crippen MR) is 70.1 cm³/mol. The SMILES string of the molecule is COc1ccc(NCc2ncccn2)cc1Br. The second-order valence-electron chi connectivity index (χ2n) is 3.37. The van der Waals surface area contributed by atoms with Crippen LogP contribution in [0.3, 0.4) is 0 Å². The Morgan fingerprint density at radius 1 is 1.29 bits per heavy atom. The van der Waals surface area contributed by atoms with Gasteiger partial charge in [-0.15, -0.1) is 0 Å². The van der Waals surface area contributed by atoms with Gasteiger partial charge >= 0.3 is 0 Å². The van der Waals surface area contributed by atoms with Crippen molar-refractivity contribution in [3.8, 4) is 5.75 Å². The van der Waals surface area contributed by atoms with Crippen LogP contribution in [0.4, 0.5) is 5.69 Å². The van der Waals surface area contributed by atoms with E-state index >= 15 is 0 Å². The van der Waals surface area contributed by atoms with Crippen molar-refractivity contribution in [3.63, 3.8) is 0 Å². The van der Waals surface area contributed by atoms with E-state index in [2.05, 4.69) is 31.2 Å². The minimum absolute atomic E-state index is 0.597. The summed E-state index contributed by atoms with van der Waals surface area (Å²) < 4.78 is 6.08. The number of ether oxygens (including phenoxy) is 1. The quantitative estimate of drug-likeness (QED) is 0.942. The molecule has 0 atom stereocenters. The summed E-state index contributed by atoms with van der Waals surface area (Å²) >= 11 is 3.44. The Morgan fingerprint density at radius 3 is 2.71 bits per heavy atom. The van der Waals surface area contributed by atoms with Crippen molar-refractivity contribution in [2.45, 2.75) is 6.54 Å². The Balaban J connectivity index is 2.02. The van der Waals surface area contributed by atoms with E-state index < -0.39 is 0 Å². The summed E-state index contributed by atoms with van der Waals surface area (Å²) in [6.45, 7) is 0.597. The summed E-state index contributed by atoms with van der Waals surface area (Å²) in [6.07, 6.45) is 3.46. The molecular weight excluding hydrogens is 282 g/mol. The van der Waals surface area contributed by atoms with Crippen LogP contribution in [0.2, 0.25) is 0 Å². The van der Waals surface area contributed by atoms with Gasteiger partial charge in [-0.05, 0) is 40.2 Å². The lowest BCUT2D eigenvalue weighted by Gasteiger charge is -2.08. The van der Waals surface area contributed by atoms with Gasteiger partial charge in [-0.25, -0.2) is 9.97 Å². The Bertz CT molecular complexity index is 490. The van der Waals surface area contributed by atoms with Crippen LogP contribution in [0.1, 0.15) is 5.82 Å². The summed E-state index contributed by atoms with van der Waals surface area (Å²) in [5, 5.41) is 3.24. The van der Waals surface area contributed by atoms with Crippen molar-refractivity contribution >= 4 is 21.6 Å². The fourth-order valence-corrected chi connectivity index (χ4v) is 1.92. The Labute approximate surface area is 108 Å². The van der Waals surface area contributed by atoms with Crippen molar-refractivity contribution in [1.29, 1.82) is 0 Å². The van der Waals surface area contributed by atoms with Gasteiger partial charge in [0.2, 0.25) is 0 Å². The number of nitrogens with one attached hydrogen (secondary N) is 1. The molecule has 1 heterocycles. The lowest BCUT2D eigenvalue weighted by molar-refractivity contribution is 0.412. The molecule has 0 saturated heterocycles. The zero-order valence-corrected chi connectivity index (χ0v) is 10.9. The van der Waals surface area contributed by atoms with Crippen LogP contribution in [0.15, 0.2) is 41.1 Å². The van der Waals surface area contributed by atoms with Crippen LogP contribution in [0.25, 0.3) is 0 Å². The van der Waals surface area contributed by atoms with E-state index in [1.165, 1.54) is 0 Å². The standard InChI is InChI=1S/C12H12BrN3O/c1-17-11-4-3-9(7-10(11)13)16-8-12-14-5-2-6-15-12/h2-7,16H,8H2,1H3. The maximum atomic E-state index is 5.16. The molecule has 1 aromatic heterocycles. The second kappa shape index (κ2) is 5.63. The Kier molecular flexibility index (Phi) is 3.93. The number of benzene rings is 1. The zero-order chi connectivity index (χ0) is 12.1. The first kappa shape index (κ1) is 11.9. The third-order valence-corrected chi connectivity index (χ3v) is 2.84. The molecule has 88 valence electrons. The van der Waals surface area contributed by atoms with Gasteiger partial charge in [-0.2, -0.15) is 0 Å². The summed E-state index contributed by atoms with van der Waals surface area (Å²) in [7, 11) is 1.64. The number of aromatic nitrogens is 2. The molecule has 0 aliphatic rings. The molecule has 0 unspecified atom stereocenters. The lowest BCUT2D eigenvalue weighted by Crippen LogP contribution is -2.03. The number of nitrogens with zero attached hydrogens (tertiary/aromatic N) is 2. The highest BCUT2D eigenvalue weighted by Crippen LogP contribution is 2.27. The third-order valence-electron chi connectivity index (χ3n) is 2.22. The van der Waals surface area contributed by atoms with E-state index in [1.807, 2.05) is 18.2 Å². The van der Waals surface area contributed by atoms with Crippen LogP contribution in [0.5, 0.6) is 5.75 Å². The van der Waals surface area contributed by atoms with Crippen LogP contribution in [-0.2, 0) is 6.54 Å². The molecule has 5 heteroatoms. The lowest BCUT2D eigenvalue weighted by atomic mass is 10.3. The van der Waals surface area contributed by atoms with Crippen molar-refractivity contribution in [2.24, 2.45) is 0 Å². The van der Waals surface area contributed by atoms with Gasteiger partial charge in [0.25, 0.3) is 0 Å². The third kappa shape index (κ3) is 3.17. The molecule has 0 saturated carbocycles. The summed E-state index contributed by atoms with van der Waals surface area (Å²) in [5.74, 6) is 1.57. The Morgan fingerprint density at radius 2 is 2.06 bits per heavy atom. The normalized spacial score (nSPS) is 10.0. The van der Waals surface area contributed by atoms with Gasteiger partial charge in [-0.1, -0.05) is 0 Å². The van der Waals surface area contributed by atoms with Gasteiger partial charge in [0, 0.05) is 18.1 Å². The van der Waals surface area contributed by atoms with Gasteiger partial charge in [0.05, 0.1) is 18.1 Å². The highest BCUT2D eigenvalue weighted by atomic mass is 79.9. The van der Waals surface area contributed by atoms with Crippen molar-refractivity contribution < 1.29 is 4.74 Å². The van der Waals surface area contributed by atoms with Crippen molar-refractivity contribution in [3.05, 3.63) is 47.0 Å². The van der Waals surface area contributed by atoms with Gasteiger partial charge in [0.15, 0.2) is 0 Å². The molecule has 1 aromatic carbocycles. The molecule has 0 aliphatic carbocycles. The molecule has 4 nitrogen and oxygen atoms in total. The number of hydrogen-bond acceptors (Lipinski definition) is 4. The predicted octanol–water partition coefficient (Wildman–Crippen LogP) is 2.86. The highest BCUT2D eigenvalue weighted by molar-refractivity contribution is 9.10. The number of halogens is 1. The summed E-state index contributed by atoms with van der Waals surface area (Å²) in [5.41, 5.74) is 0.991. The molecule has 17 heavy (non-hydrogen) atoms. The van der Waals surface area contributed by atoms with Crippen molar-refractivity contribution in [2.75, 3.05) is 12.4 Å². The molecule has 2 aromatic rings. The highest BCUT2D eigenvalue weighted by Gasteiger charge is 2.01. The number of anilines is 1. The number of rotatable bonds is 4. The smallest absolute Gasteiger partial charge is 0.147 e. The maximum absolute atomic E-state index is 5.16. The number of hydrogen-bond donors (Lipinski definition) is 1. The minimum atomic E-state index is 0.597. The van der Waals surface area contributed by atoms with Crippen LogP contribution in [0, 0.1) is 0 Å². The van der Waals surface area contributed by atoms with E-state index in [4.69, 9.17) is 4.74 Å². The van der Waals surface area contributed by atoms with Gasteiger partial charge in [-0.3, -0.25) is 0 Å². The summed E-state index contributed by atoms with van der Waals surface area (Å²) in [4.78, 5) is 8.28. The Hall–Kier alpha value is -1.62. The largest absolute Gasteiger partial charge is 0.496 e. The van der Waals surface area contributed by atoms with E-state index in [0.717, 1.165) is 21.7 Å². The zero-order valence-electron chi connectivity index (χ0n) is 9.35. The molecule has 0 radical (unpaired) electrons. The maximum Gasteiger partial charge on any atom is 0.147 e. The molecule has 1 N–H and O–H groups in total. The average Bonchev–Trinajstić information content (AvgIpc) is 2.38. The van der Waals surface area contributed by atoms with E-state index in [-0.39, 0.29) is 0 Å². The van der Waals surface area contributed by atoms with Crippen LogP contribution >= 0.6 is 15.9 Å². The van der Waals surface area contributed by atoms with E-state index in [0.29, 0.717) is 6.54 Å². The fraction of sp³-hybridized carbons (Fsp3) is 0.167. The molecule has 0 bridgehead atoms.